The largest absolute Gasteiger partial charge is 0.375 e. The number of nitrogens with zero attached hydrogens (tertiary/aromatic N) is 2. The van der Waals surface area contributed by atoms with Gasteiger partial charge in [0.05, 0.1) is 18.2 Å². The summed E-state index contributed by atoms with van der Waals surface area (Å²) in [5, 5.41) is 0.272. The van der Waals surface area contributed by atoms with E-state index in [4.69, 9.17) is 16.3 Å². The van der Waals surface area contributed by atoms with Crippen molar-refractivity contribution in [3.8, 4) is 0 Å². The molecule has 0 spiro atoms. The second kappa shape index (κ2) is 5.01. The zero-order chi connectivity index (χ0) is 14.3. The van der Waals surface area contributed by atoms with E-state index < -0.39 is 15.6 Å². The summed E-state index contributed by atoms with van der Waals surface area (Å²) in [5.41, 5.74) is -0.578. The molecule has 1 aliphatic rings. The van der Waals surface area contributed by atoms with E-state index in [1.807, 2.05) is 20.8 Å². The molecule has 5 nitrogen and oxygen atoms in total. The standard InChI is InChI=1S/C12H17ClN2O3S/c1-9-7-15(12(2,3)8-18-9)19(16,17)10-4-5-11(13)14-6-10/h4-6,9H,7-8H2,1-3H3. The van der Waals surface area contributed by atoms with Crippen LogP contribution in [0.1, 0.15) is 20.8 Å². The molecule has 2 heterocycles. The first-order chi connectivity index (χ1) is 8.73. The van der Waals surface area contributed by atoms with Crippen molar-refractivity contribution in [1.29, 1.82) is 0 Å². The van der Waals surface area contributed by atoms with Crippen molar-refractivity contribution in [2.45, 2.75) is 37.3 Å². The van der Waals surface area contributed by atoms with Crippen LogP contribution in [0, 0.1) is 0 Å². The van der Waals surface area contributed by atoms with Crippen molar-refractivity contribution in [3.05, 3.63) is 23.5 Å². The summed E-state index contributed by atoms with van der Waals surface area (Å²) in [6.07, 6.45) is 1.16. The molecule has 0 amide bonds. The summed E-state index contributed by atoms with van der Waals surface area (Å²) < 4.78 is 32.3. The van der Waals surface area contributed by atoms with Crippen molar-refractivity contribution in [1.82, 2.24) is 9.29 Å². The van der Waals surface area contributed by atoms with Gasteiger partial charge in [0.25, 0.3) is 0 Å². The Morgan fingerprint density at radius 1 is 1.47 bits per heavy atom. The Labute approximate surface area is 118 Å². The minimum Gasteiger partial charge on any atom is -0.375 e. The summed E-state index contributed by atoms with van der Waals surface area (Å²) in [6.45, 7) is 6.25. The van der Waals surface area contributed by atoms with Gasteiger partial charge in [0.2, 0.25) is 10.0 Å². The van der Waals surface area contributed by atoms with Gasteiger partial charge in [-0.25, -0.2) is 13.4 Å². The first kappa shape index (κ1) is 14.7. The lowest BCUT2D eigenvalue weighted by molar-refractivity contribution is -0.0551. The maximum absolute atomic E-state index is 12.6. The van der Waals surface area contributed by atoms with Gasteiger partial charge in [-0.15, -0.1) is 0 Å². The molecule has 2 rings (SSSR count). The van der Waals surface area contributed by atoms with Crippen LogP contribution >= 0.6 is 11.6 Å². The van der Waals surface area contributed by atoms with Gasteiger partial charge in [0.15, 0.2) is 0 Å². The van der Waals surface area contributed by atoms with Crippen LogP contribution in [0.5, 0.6) is 0 Å². The van der Waals surface area contributed by atoms with Crippen molar-refractivity contribution < 1.29 is 13.2 Å². The average Bonchev–Trinajstić information content (AvgIpc) is 2.33. The van der Waals surface area contributed by atoms with E-state index in [0.717, 1.165) is 0 Å². The lowest BCUT2D eigenvalue weighted by Gasteiger charge is -2.43. The first-order valence-corrected chi connectivity index (χ1v) is 7.81. The number of hydrogen-bond acceptors (Lipinski definition) is 4. The molecule has 1 saturated heterocycles. The fourth-order valence-corrected chi connectivity index (χ4v) is 3.92. The third-order valence-electron chi connectivity index (χ3n) is 3.11. The number of halogens is 1. The summed E-state index contributed by atoms with van der Waals surface area (Å²) in [6, 6.07) is 2.95. The van der Waals surface area contributed by atoms with Crippen LogP contribution in [-0.2, 0) is 14.8 Å². The molecule has 0 bridgehead atoms. The average molecular weight is 305 g/mol. The maximum atomic E-state index is 12.6. The van der Waals surface area contributed by atoms with Gasteiger partial charge in [0, 0.05) is 12.7 Å². The number of aromatic nitrogens is 1. The molecule has 7 heteroatoms. The Morgan fingerprint density at radius 3 is 2.74 bits per heavy atom. The van der Waals surface area contributed by atoms with Gasteiger partial charge in [0.1, 0.15) is 10.0 Å². The van der Waals surface area contributed by atoms with Crippen LogP contribution in [0.3, 0.4) is 0 Å². The number of hydrogen-bond donors (Lipinski definition) is 0. The predicted octanol–water partition coefficient (Wildman–Crippen LogP) is 1.92. The first-order valence-electron chi connectivity index (χ1n) is 5.99. The van der Waals surface area contributed by atoms with E-state index in [2.05, 4.69) is 4.98 Å². The zero-order valence-corrected chi connectivity index (χ0v) is 12.7. The lowest BCUT2D eigenvalue weighted by atomic mass is 10.1. The normalized spacial score (nSPS) is 24.3. The second-order valence-electron chi connectivity index (χ2n) is 5.29. The summed E-state index contributed by atoms with van der Waals surface area (Å²) >= 11 is 5.69. The highest BCUT2D eigenvalue weighted by atomic mass is 35.5. The number of sulfonamides is 1. The van der Waals surface area contributed by atoms with Crippen molar-refractivity contribution in [3.63, 3.8) is 0 Å². The highest BCUT2D eigenvalue weighted by Crippen LogP contribution is 2.29. The minimum absolute atomic E-state index is 0.122. The van der Waals surface area contributed by atoms with Crippen LogP contribution < -0.4 is 0 Å². The van der Waals surface area contributed by atoms with Crippen LogP contribution in [0.2, 0.25) is 5.15 Å². The van der Waals surface area contributed by atoms with Crippen LogP contribution in [0.25, 0.3) is 0 Å². The van der Waals surface area contributed by atoms with Crippen LogP contribution in [0.4, 0.5) is 0 Å². The summed E-state index contributed by atoms with van der Waals surface area (Å²) in [7, 11) is -3.59. The molecule has 0 N–H and O–H groups in total. The molecule has 1 aromatic heterocycles. The Kier molecular flexibility index (Phi) is 3.88. The fraction of sp³-hybridized carbons (Fsp3) is 0.583. The molecule has 106 valence electrons. The molecule has 19 heavy (non-hydrogen) atoms. The van der Waals surface area contributed by atoms with Gasteiger partial charge < -0.3 is 4.74 Å². The molecule has 0 saturated carbocycles. The van der Waals surface area contributed by atoms with E-state index in [9.17, 15) is 8.42 Å². The highest BCUT2D eigenvalue weighted by Gasteiger charge is 2.41. The van der Waals surface area contributed by atoms with Crippen LogP contribution in [0.15, 0.2) is 23.2 Å². The predicted molar refractivity (Wildman–Crippen MR) is 72.6 cm³/mol. The van der Waals surface area contributed by atoms with Crippen molar-refractivity contribution in [2.24, 2.45) is 0 Å². The molecule has 1 fully saturated rings. The van der Waals surface area contributed by atoms with Gasteiger partial charge in [-0.2, -0.15) is 4.31 Å². The fourth-order valence-electron chi connectivity index (χ4n) is 2.02. The molecular weight excluding hydrogens is 288 g/mol. The third-order valence-corrected chi connectivity index (χ3v) is 5.39. The summed E-state index contributed by atoms with van der Waals surface area (Å²) in [5.74, 6) is 0. The van der Waals surface area contributed by atoms with E-state index in [0.29, 0.717) is 13.2 Å². The van der Waals surface area contributed by atoms with Gasteiger partial charge >= 0.3 is 0 Å². The third kappa shape index (κ3) is 2.91. The second-order valence-corrected chi connectivity index (χ2v) is 7.54. The molecule has 0 radical (unpaired) electrons. The Morgan fingerprint density at radius 2 is 2.16 bits per heavy atom. The van der Waals surface area contributed by atoms with Crippen molar-refractivity contribution in [2.75, 3.05) is 13.2 Å². The highest BCUT2D eigenvalue weighted by molar-refractivity contribution is 7.89. The van der Waals surface area contributed by atoms with E-state index in [1.54, 1.807) is 0 Å². The quantitative estimate of drug-likeness (QED) is 0.783. The Bertz CT molecular complexity index is 557. The molecule has 1 aliphatic heterocycles. The van der Waals surface area contributed by atoms with Gasteiger partial charge in [-0.1, -0.05) is 11.6 Å². The number of morpholine rings is 1. The molecule has 0 aliphatic carbocycles. The summed E-state index contributed by atoms with van der Waals surface area (Å²) in [4.78, 5) is 3.99. The number of pyridine rings is 1. The Balaban J connectivity index is 2.40. The van der Waals surface area contributed by atoms with Crippen molar-refractivity contribution >= 4 is 21.6 Å². The smallest absolute Gasteiger partial charge is 0.245 e. The maximum Gasteiger partial charge on any atom is 0.245 e. The van der Waals surface area contributed by atoms with E-state index in [1.165, 1.54) is 22.6 Å². The lowest BCUT2D eigenvalue weighted by Crippen LogP contribution is -2.57. The molecule has 1 atom stereocenters. The topological polar surface area (TPSA) is 59.5 Å². The van der Waals surface area contributed by atoms with E-state index in [-0.39, 0.29) is 16.2 Å². The van der Waals surface area contributed by atoms with Crippen LogP contribution in [-0.4, -0.2) is 42.5 Å². The van der Waals surface area contributed by atoms with Gasteiger partial charge in [-0.05, 0) is 32.9 Å². The molecule has 1 aromatic rings. The minimum atomic E-state index is -3.59. The van der Waals surface area contributed by atoms with Gasteiger partial charge in [-0.3, -0.25) is 0 Å². The molecule has 0 aromatic carbocycles. The number of rotatable bonds is 2. The number of ether oxygens (including phenoxy) is 1. The SMILES string of the molecule is CC1CN(S(=O)(=O)c2ccc(Cl)nc2)C(C)(C)CO1. The zero-order valence-electron chi connectivity index (χ0n) is 11.1. The monoisotopic (exact) mass is 304 g/mol. The molecule has 1 unspecified atom stereocenters. The molecular formula is C12H17ClN2O3S. The Hall–Kier alpha value is -0.690. The van der Waals surface area contributed by atoms with E-state index >= 15 is 0 Å².